The minimum absolute atomic E-state index is 0.104. The molecule has 16 heavy (non-hydrogen) atoms. The van der Waals surface area contributed by atoms with E-state index in [1.165, 1.54) is 0 Å². The van der Waals surface area contributed by atoms with Gasteiger partial charge >= 0.3 is 0 Å². The zero-order chi connectivity index (χ0) is 12.1. The van der Waals surface area contributed by atoms with Crippen LogP contribution in [0.3, 0.4) is 0 Å². The second-order valence-corrected chi connectivity index (χ2v) is 4.21. The normalized spacial score (nSPS) is 9.75. The van der Waals surface area contributed by atoms with E-state index in [0.717, 1.165) is 3.57 Å². The molecule has 0 aliphatic heterocycles. The molecule has 0 heterocycles. The van der Waals surface area contributed by atoms with Crippen molar-refractivity contribution >= 4 is 28.5 Å². The number of carbonyl (C=O) groups excluding carboxylic acids is 1. The zero-order valence-corrected chi connectivity index (χ0v) is 11.6. The fourth-order valence-corrected chi connectivity index (χ4v) is 1.97. The van der Waals surface area contributed by atoms with Gasteiger partial charge < -0.3 is 14.8 Å². The van der Waals surface area contributed by atoms with E-state index in [4.69, 9.17) is 9.47 Å². The van der Waals surface area contributed by atoms with Crippen molar-refractivity contribution in [1.29, 1.82) is 0 Å². The second kappa shape index (κ2) is 5.93. The van der Waals surface area contributed by atoms with Crippen LogP contribution in [-0.4, -0.2) is 26.7 Å². The summed E-state index contributed by atoms with van der Waals surface area (Å²) in [7, 11) is 3.12. The highest BCUT2D eigenvalue weighted by Crippen LogP contribution is 2.31. The third-order valence-electron chi connectivity index (χ3n) is 2.06. The van der Waals surface area contributed by atoms with Gasteiger partial charge in [-0.3, -0.25) is 4.79 Å². The van der Waals surface area contributed by atoms with Gasteiger partial charge in [0.15, 0.2) is 11.5 Å². The Morgan fingerprint density at radius 2 is 1.88 bits per heavy atom. The van der Waals surface area contributed by atoms with Gasteiger partial charge in [-0.1, -0.05) is 0 Å². The van der Waals surface area contributed by atoms with E-state index >= 15 is 0 Å². The molecule has 0 aromatic heterocycles. The number of benzene rings is 1. The predicted octanol–water partition coefficient (Wildman–Crippen LogP) is 2.06. The molecule has 0 spiro atoms. The third-order valence-corrected chi connectivity index (χ3v) is 2.95. The number of hydrogen-bond donors (Lipinski definition) is 1. The number of halogens is 1. The third kappa shape index (κ3) is 2.78. The molecular formula is C11H14INO3. The molecule has 0 radical (unpaired) electrons. The van der Waals surface area contributed by atoms with Crippen LogP contribution in [0, 0.1) is 3.57 Å². The van der Waals surface area contributed by atoms with Crippen LogP contribution < -0.4 is 14.8 Å². The van der Waals surface area contributed by atoms with Gasteiger partial charge in [0.25, 0.3) is 5.91 Å². The molecule has 0 aliphatic carbocycles. The number of methoxy groups -OCH3 is 2. The van der Waals surface area contributed by atoms with E-state index in [1.807, 2.05) is 6.92 Å². The van der Waals surface area contributed by atoms with Gasteiger partial charge in [0.1, 0.15) is 0 Å². The van der Waals surface area contributed by atoms with Crippen molar-refractivity contribution in [3.8, 4) is 11.5 Å². The van der Waals surface area contributed by atoms with Crippen molar-refractivity contribution in [1.82, 2.24) is 5.32 Å². The predicted molar refractivity (Wildman–Crippen MR) is 70.3 cm³/mol. The lowest BCUT2D eigenvalue weighted by Gasteiger charge is -2.11. The number of amides is 1. The first-order valence-corrected chi connectivity index (χ1v) is 5.91. The van der Waals surface area contributed by atoms with Gasteiger partial charge in [-0.15, -0.1) is 0 Å². The molecule has 0 saturated heterocycles. The highest BCUT2D eigenvalue weighted by Gasteiger charge is 2.14. The zero-order valence-electron chi connectivity index (χ0n) is 9.46. The molecule has 4 nitrogen and oxygen atoms in total. The lowest BCUT2D eigenvalue weighted by atomic mass is 10.2. The van der Waals surface area contributed by atoms with Crippen LogP contribution in [0.1, 0.15) is 17.3 Å². The molecule has 88 valence electrons. The Labute approximate surface area is 108 Å². The minimum atomic E-state index is -0.104. The number of hydrogen-bond acceptors (Lipinski definition) is 3. The first-order valence-electron chi connectivity index (χ1n) is 4.83. The quantitative estimate of drug-likeness (QED) is 0.857. The van der Waals surface area contributed by atoms with E-state index in [9.17, 15) is 4.79 Å². The van der Waals surface area contributed by atoms with E-state index in [2.05, 4.69) is 27.9 Å². The van der Waals surface area contributed by atoms with E-state index < -0.39 is 0 Å². The van der Waals surface area contributed by atoms with Gasteiger partial charge in [0.2, 0.25) is 0 Å². The first-order chi connectivity index (χ1) is 7.63. The smallest absolute Gasteiger partial charge is 0.252 e. The van der Waals surface area contributed by atoms with Crippen LogP contribution in [0.2, 0.25) is 0 Å². The molecule has 1 aromatic carbocycles. The summed E-state index contributed by atoms with van der Waals surface area (Å²) in [6.45, 7) is 2.48. The van der Waals surface area contributed by atoms with Crippen LogP contribution in [0.4, 0.5) is 0 Å². The molecular weight excluding hydrogens is 321 g/mol. The average molecular weight is 335 g/mol. The molecule has 1 rings (SSSR count). The summed E-state index contributed by atoms with van der Waals surface area (Å²) in [6.07, 6.45) is 0. The Hall–Kier alpha value is -0.980. The fraction of sp³-hybridized carbons (Fsp3) is 0.364. The fourth-order valence-electron chi connectivity index (χ4n) is 1.28. The lowest BCUT2D eigenvalue weighted by Crippen LogP contribution is -2.23. The maximum absolute atomic E-state index is 11.7. The highest BCUT2D eigenvalue weighted by molar-refractivity contribution is 14.1. The molecule has 5 heteroatoms. The van der Waals surface area contributed by atoms with Gasteiger partial charge in [-0.05, 0) is 41.6 Å². The molecule has 0 atom stereocenters. The Balaban J connectivity index is 3.15. The maximum Gasteiger partial charge on any atom is 0.252 e. The van der Waals surface area contributed by atoms with E-state index in [0.29, 0.717) is 23.6 Å². The number of carbonyl (C=O) groups is 1. The lowest BCUT2D eigenvalue weighted by molar-refractivity contribution is 0.0954. The molecule has 1 aromatic rings. The number of nitrogens with one attached hydrogen (secondary N) is 1. The Kier molecular flexibility index (Phi) is 4.85. The number of ether oxygens (including phenoxy) is 2. The summed E-state index contributed by atoms with van der Waals surface area (Å²) in [5.74, 6) is 1.08. The Bertz CT molecular complexity index is 393. The SMILES string of the molecule is CCNC(=O)c1cc(OC)c(OC)cc1I. The molecule has 0 aliphatic rings. The summed E-state index contributed by atoms with van der Waals surface area (Å²) in [6, 6.07) is 3.47. The van der Waals surface area contributed by atoms with Gasteiger partial charge in [0, 0.05) is 10.1 Å². The van der Waals surface area contributed by atoms with E-state index in [-0.39, 0.29) is 5.91 Å². The van der Waals surface area contributed by atoms with Crippen LogP contribution in [0.5, 0.6) is 11.5 Å². The van der Waals surface area contributed by atoms with Crippen LogP contribution in [0.15, 0.2) is 12.1 Å². The summed E-state index contributed by atoms with van der Waals surface area (Å²) >= 11 is 2.10. The highest BCUT2D eigenvalue weighted by atomic mass is 127. The molecule has 0 saturated carbocycles. The molecule has 0 fully saturated rings. The van der Waals surface area contributed by atoms with Crippen molar-refractivity contribution in [2.75, 3.05) is 20.8 Å². The summed E-state index contributed by atoms with van der Waals surface area (Å²) in [5, 5.41) is 2.75. The summed E-state index contributed by atoms with van der Waals surface area (Å²) in [4.78, 5) is 11.7. The van der Waals surface area contributed by atoms with Crippen molar-refractivity contribution in [2.24, 2.45) is 0 Å². The van der Waals surface area contributed by atoms with Crippen molar-refractivity contribution in [2.45, 2.75) is 6.92 Å². The van der Waals surface area contributed by atoms with Gasteiger partial charge in [0.05, 0.1) is 19.8 Å². The number of rotatable bonds is 4. The molecule has 0 bridgehead atoms. The van der Waals surface area contributed by atoms with Gasteiger partial charge in [-0.25, -0.2) is 0 Å². The molecule has 0 unspecified atom stereocenters. The molecule has 1 N–H and O–H groups in total. The summed E-state index contributed by atoms with van der Waals surface area (Å²) < 4.78 is 11.1. The van der Waals surface area contributed by atoms with Crippen molar-refractivity contribution in [3.63, 3.8) is 0 Å². The van der Waals surface area contributed by atoms with E-state index in [1.54, 1.807) is 26.4 Å². The standard InChI is InChI=1S/C11H14INO3/c1-4-13-11(14)7-5-9(15-2)10(16-3)6-8(7)12/h5-6H,4H2,1-3H3,(H,13,14). The Morgan fingerprint density at radius 3 is 2.38 bits per heavy atom. The van der Waals surface area contributed by atoms with Crippen LogP contribution >= 0.6 is 22.6 Å². The topological polar surface area (TPSA) is 47.6 Å². The summed E-state index contributed by atoms with van der Waals surface area (Å²) in [5.41, 5.74) is 0.597. The van der Waals surface area contributed by atoms with Crippen LogP contribution in [0.25, 0.3) is 0 Å². The molecule has 1 amide bonds. The largest absolute Gasteiger partial charge is 0.493 e. The van der Waals surface area contributed by atoms with Crippen molar-refractivity contribution < 1.29 is 14.3 Å². The maximum atomic E-state index is 11.7. The first kappa shape index (κ1) is 13.1. The van der Waals surface area contributed by atoms with Crippen LogP contribution in [-0.2, 0) is 0 Å². The monoisotopic (exact) mass is 335 g/mol. The average Bonchev–Trinajstić information content (AvgIpc) is 2.28. The van der Waals surface area contributed by atoms with Gasteiger partial charge in [-0.2, -0.15) is 0 Å². The Morgan fingerprint density at radius 1 is 1.31 bits per heavy atom. The van der Waals surface area contributed by atoms with Crippen molar-refractivity contribution in [3.05, 3.63) is 21.3 Å². The second-order valence-electron chi connectivity index (χ2n) is 3.05. The minimum Gasteiger partial charge on any atom is -0.493 e.